The van der Waals surface area contributed by atoms with Crippen molar-refractivity contribution in [2.24, 2.45) is 0 Å². The highest BCUT2D eigenvalue weighted by molar-refractivity contribution is 7.99. The predicted octanol–water partition coefficient (Wildman–Crippen LogP) is 3.79. The molecule has 1 aromatic heterocycles. The minimum absolute atomic E-state index is 0.682. The van der Waals surface area contributed by atoms with E-state index in [1.165, 1.54) is 11.8 Å². The summed E-state index contributed by atoms with van der Waals surface area (Å²) >= 11 is 7.30. The zero-order chi connectivity index (χ0) is 9.97. The van der Waals surface area contributed by atoms with Gasteiger partial charge in [0.2, 0.25) is 0 Å². The van der Waals surface area contributed by atoms with E-state index in [4.69, 9.17) is 16.0 Å². The summed E-state index contributed by atoms with van der Waals surface area (Å²) < 4.78 is 5.34. The van der Waals surface area contributed by atoms with Gasteiger partial charge in [-0.3, -0.25) is 0 Å². The number of benzene rings is 1. The summed E-state index contributed by atoms with van der Waals surface area (Å²) in [4.78, 5) is 5.11. The van der Waals surface area contributed by atoms with Gasteiger partial charge in [-0.2, -0.15) is 0 Å². The number of aromatic nitrogens is 1. The van der Waals surface area contributed by atoms with Crippen LogP contribution >= 0.6 is 23.4 Å². The Kier molecular flexibility index (Phi) is 2.79. The highest BCUT2D eigenvalue weighted by atomic mass is 35.5. The maximum Gasteiger partial charge on any atom is 0.192 e. The number of aryl methyl sites for hydroxylation is 1. The summed E-state index contributed by atoms with van der Waals surface area (Å²) in [6.45, 7) is 1.83. The zero-order valence-electron chi connectivity index (χ0n) is 7.53. The van der Waals surface area contributed by atoms with Crippen LogP contribution in [0.2, 0.25) is 5.02 Å². The van der Waals surface area contributed by atoms with Crippen LogP contribution in [-0.4, -0.2) is 4.98 Å². The minimum Gasteiger partial charge on any atom is -0.434 e. The number of hydrogen-bond donors (Lipinski definition) is 0. The first-order chi connectivity index (χ1) is 6.74. The Morgan fingerprint density at radius 2 is 2.00 bits per heavy atom. The first kappa shape index (κ1) is 9.62. The number of oxazole rings is 1. The van der Waals surface area contributed by atoms with Gasteiger partial charge in [-0.25, -0.2) is 4.98 Å². The van der Waals surface area contributed by atoms with Crippen LogP contribution in [0.25, 0.3) is 0 Å². The number of hydrogen-bond acceptors (Lipinski definition) is 3. The third kappa shape index (κ3) is 2.30. The monoisotopic (exact) mass is 225 g/mol. The van der Waals surface area contributed by atoms with Gasteiger partial charge < -0.3 is 4.42 Å². The maximum absolute atomic E-state index is 5.77. The van der Waals surface area contributed by atoms with Crippen LogP contribution in [-0.2, 0) is 0 Å². The maximum atomic E-state index is 5.77. The Balaban J connectivity index is 2.15. The molecular formula is C10H8ClNOS. The Morgan fingerprint density at radius 1 is 1.29 bits per heavy atom. The van der Waals surface area contributed by atoms with Gasteiger partial charge >= 0.3 is 0 Å². The molecule has 0 N–H and O–H groups in total. The number of nitrogens with zero attached hydrogens (tertiary/aromatic N) is 1. The fraction of sp³-hybridized carbons (Fsp3) is 0.100. The molecule has 0 aliphatic rings. The lowest BCUT2D eigenvalue weighted by atomic mass is 10.4. The molecule has 0 radical (unpaired) electrons. The molecule has 0 atom stereocenters. The van der Waals surface area contributed by atoms with E-state index in [2.05, 4.69) is 4.98 Å². The minimum atomic E-state index is 0.682. The molecule has 0 unspecified atom stereocenters. The van der Waals surface area contributed by atoms with E-state index >= 15 is 0 Å². The molecule has 0 amide bonds. The van der Waals surface area contributed by atoms with Crippen molar-refractivity contribution in [1.82, 2.24) is 4.98 Å². The van der Waals surface area contributed by atoms with Crippen LogP contribution in [0.1, 0.15) is 5.89 Å². The van der Waals surface area contributed by atoms with E-state index < -0.39 is 0 Å². The molecule has 2 aromatic rings. The SMILES string of the molecule is Cc1ncc(Sc2ccc(Cl)cc2)o1. The van der Waals surface area contributed by atoms with Crippen LogP contribution in [0.15, 0.2) is 44.9 Å². The van der Waals surface area contributed by atoms with Crippen molar-refractivity contribution < 1.29 is 4.42 Å². The molecule has 2 rings (SSSR count). The summed E-state index contributed by atoms with van der Waals surface area (Å²) in [5, 5.41) is 1.54. The average Bonchev–Trinajstić information content (AvgIpc) is 2.56. The predicted molar refractivity (Wildman–Crippen MR) is 56.8 cm³/mol. The van der Waals surface area contributed by atoms with Gasteiger partial charge in [-0.1, -0.05) is 23.4 Å². The van der Waals surface area contributed by atoms with Crippen LogP contribution in [0.4, 0.5) is 0 Å². The molecule has 1 heterocycles. The molecule has 0 aliphatic heterocycles. The number of halogens is 1. The van der Waals surface area contributed by atoms with Gasteiger partial charge in [0.1, 0.15) is 0 Å². The first-order valence-corrected chi connectivity index (χ1v) is 5.29. The van der Waals surface area contributed by atoms with Crippen LogP contribution in [0.5, 0.6) is 0 Å². The molecule has 72 valence electrons. The smallest absolute Gasteiger partial charge is 0.192 e. The lowest BCUT2D eigenvalue weighted by Crippen LogP contribution is -1.69. The summed E-state index contributed by atoms with van der Waals surface area (Å²) in [5.74, 6) is 0.682. The van der Waals surface area contributed by atoms with Crippen molar-refractivity contribution in [3.05, 3.63) is 41.4 Å². The third-order valence-electron chi connectivity index (χ3n) is 1.63. The summed E-state index contributed by atoms with van der Waals surface area (Å²) in [7, 11) is 0. The van der Waals surface area contributed by atoms with Crippen molar-refractivity contribution in [2.75, 3.05) is 0 Å². The van der Waals surface area contributed by atoms with E-state index in [1.807, 2.05) is 31.2 Å². The lowest BCUT2D eigenvalue weighted by Gasteiger charge is -1.96. The van der Waals surface area contributed by atoms with E-state index in [9.17, 15) is 0 Å². The van der Waals surface area contributed by atoms with E-state index in [0.717, 1.165) is 15.0 Å². The van der Waals surface area contributed by atoms with Crippen LogP contribution < -0.4 is 0 Å². The quantitative estimate of drug-likeness (QED) is 0.778. The van der Waals surface area contributed by atoms with Gasteiger partial charge in [-0.05, 0) is 24.3 Å². The molecule has 4 heteroatoms. The topological polar surface area (TPSA) is 26.0 Å². The van der Waals surface area contributed by atoms with Crippen molar-refractivity contribution >= 4 is 23.4 Å². The zero-order valence-corrected chi connectivity index (χ0v) is 9.10. The highest BCUT2D eigenvalue weighted by Crippen LogP contribution is 2.28. The third-order valence-corrected chi connectivity index (χ3v) is 2.78. The van der Waals surface area contributed by atoms with Gasteiger partial charge in [0, 0.05) is 16.8 Å². The van der Waals surface area contributed by atoms with E-state index in [0.29, 0.717) is 5.89 Å². The second kappa shape index (κ2) is 4.07. The first-order valence-electron chi connectivity index (χ1n) is 4.10. The molecule has 0 spiro atoms. The highest BCUT2D eigenvalue weighted by Gasteiger charge is 2.02. The summed E-state index contributed by atoms with van der Waals surface area (Å²) in [6.07, 6.45) is 1.72. The van der Waals surface area contributed by atoms with Crippen molar-refractivity contribution in [3.8, 4) is 0 Å². The van der Waals surface area contributed by atoms with Crippen LogP contribution in [0.3, 0.4) is 0 Å². The Hall–Kier alpha value is -0.930. The summed E-state index contributed by atoms with van der Waals surface area (Å²) in [5.41, 5.74) is 0. The Labute approximate surface area is 91.3 Å². The summed E-state index contributed by atoms with van der Waals surface area (Å²) in [6, 6.07) is 7.61. The molecule has 1 aromatic carbocycles. The Morgan fingerprint density at radius 3 is 2.57 bits per heavy atom. The normalized spacial score (nSPS) is 10.4. The second-order valence-corrected chi connectivity index (χ2v) is 4.27. The Bertz CT molecular complexity index is 424. The molecule has 0 aliphatic carbocycles. The van der Waals surface area contributed by atoms with Crippen molar-refractivity contribution in [2.45, 2.75) is 16.9 Å². The van der Waals surface area contributed by atoms with Gasteiger partial charge in [0.05, 0.1) is 6.20 Å². The van der Waals surface area contributed by atoms with Crippen molar-refractivity contribution in [1.29, 1.82) is 0 Å². The molecule has 0 fully saturated rings. The molecular weight excluding hydrogens is 218 g/mol. The average molecular weight is 226 g/mol. The fourth-order valence-corrected chi connectivity index (χ4v) is 1.91. The molecule has 14 heavy (non-hydrogen) atoms. The molecule has 0 saturated carbocycles. The molecule has 2 nitrogen and oxygen atoms in total. The van der Waals surface area contributed by atoms with Gasteiger partial charge in [0.25, 0.3) is 0 Å². The fourth-order valence-electron chi connectivity index (χ4n) is 1.01. The second-order valence-electron chi connectivity index (χ2n) is 2.75. The largest absolute Gasteiger partial charge is 0.434 e. The van der Waals surface area contributed by atoms with Crippen LogP contribution in [0, 0.1) is 6.92 Å². The lowest BCUT2D eigenvalue weighted by molar-refractivity contribution is 0.441. The standard InChI is InChI=1S/C10H8ClNOS/c1-7-12-6-10(13-7)14-9-4-2-8(11)3-5-9/h2-6H,1H3. The molecule has 0 bridgehead atoms. The van der Waals surface area contributed by atoms with Gasteiger partial charge in [0.15, 0.2) is 11.0 Å². The van der Waals surface area contributed by atoms with E-state index in [-0.39, 0.29) is 0 Å². The van der Waals surface area contributed by atoms with E-state index in [1.54, 1.807) is 6.20 Å². The number of rotatable bonds is 2. The van der Waals surface area contributed by atoms with Gasteiger partial charge in [-0.15, -0.1) is 0 Å². The molecule has 0 saturated heterocycles. The van der Waals surface area contributed by atoms with Crippen molar-refractivity contribution in [3.63, 3.8) is 0 Å².